The minimum Gasteiger partial charge on any atom is -0.445 e. The number of ether oxygens (including phenoxy) is 1. The molecule has 0 heterocycles. The molecule has 0 aromatic heterocycles. The smallest absolute Gasteiger partial charge is 0.407 e. The molecule has 1 aromatic rings. The zero-order valence-electron chi connectivity index (χ0n) is 11.6. The molecule has 110 valence electrons. The summed E-state index contributed by atoms with van der Waals surface area (Å²) >= 11 is 0. The second kappa shape index (κ2) is 5.60. The van der Waals surface area contributed by atoms with E-state index in [2.05, 4.69) is 5.32 Å². The maximum Gasteiger partial charge on any atom is 0.407 e. The quantitative estimate of drug-likeness (QED) is 0.825. The number of benzene rings is 1. The Morgan fingerprint density at radius 2 is 1.90 bits per heavy atom. The Labute approximate surface area is 123 Å². The van der Waals surface area contributed by atoms with Crippen molar-refractivity contribution < 1.29 is 14.3 Å². The highest BCUT2D eigenvalue weighted by molar-refractivity contribution is 5.80. The molecular weight excluding hydrogens is 268 g/mol. The van der Waals surface area contributed by atoms with Crippen molar-refractivity contribution in [2.24, 2.45) is 23.5 Å². The molecule has 0 radical (unpaired) electrons. The first kappa shape index (κ1) is 13.7. The summed E-state index contributed by atoms with van der Waals surface area (Å²) in [7, 11) is 0. The fourth-order valence-corrected chi connectivity index (χ4v) is 3.31. The zero-order chi connectivity index (χ0) is 14.8. The summed E-state index contributed by atoms with van der Waals surface area (Å²) in [5.41, 5.74) is 6.37. The van der Waals surface area contributed by atoms with Crippen LogP contribution in [-0.4, -0.2) is 18.0 Å². The molecule has 2 unspecified atom stereocenters. The number of nitrogens with one attached hydrogen (secondary N) is 1. The van der Waals surface area contributed by atoms with Gasteiger partial charge in [-0.05, 0) is 23.8 Å². The number of amides is 2. The van der Waals surface area contributed by atoms with Gasteiger partial charge in [-0.25, -0.2) is 4.79 Å². The van der Waals surface area contributed by atoms with Gasteiger partial charge in [0, 0.05) is 0 Å². The van der Waals surface area contributed by atoms with Crippen LogP contribution >= 0.6 is 0 Å². The number of fused-ring (bicyclic) bond motifs is 2. The van der Waals surface area contributed by atoms with E-state index in [1.165, 1.54) is 0 Å². The van der Waals surface area contributed by atoms with Crippen LogP contribution in [0.15, 0.2) is 42.5 Å². The molecule has 4 atom stereocenters. The van der Waals surface area contributed by atoms with Gasteiger partial charge < -0.3 is 15.8 Å². The second-order valence-electron chi connectivity index (χ2n) is 5.61. The standard InChI is InChI=1S/C16H18N2O3/c17-15(19)13-11-6-7-12(8-11)14(13)18-16(20)21-9-10-4-2-1-3-5-10/h1-7,11-14H,8-9H2,(H2,17,19)(H,18,20)/t11?,12?,13-,14-/m1/s1. The van der Waals surface area contributed by atoms with Gasteiger partial charge in [0.05, 0.1) is 12.0 Å². The third kappa shape index (κ3) is 2.77. The van der Waals surface area contributed by atoms with Crippen LogP contribution in [0.5, 0.6) is 0 Å². The molecule has 2 amide bonds. The highest BCUT2D eigenvalue weighted by Gasteiger charge is 2.48. The number of alkyl carbamates (subject to hydrolysis) is 1. The van der Waals surface area contributed by atoms with Crippen molar-refractivity contribution >= 4 is 12.0 Å². The Hall–Kier alpha value is -2.30. The minimum absolute atomic E-state index is 0.145. The van der Waals surface area contributed by atoms with Crippen LogP contribution < -0.4 is 11.1 Å². The molecule has 1 fully saturated rings. The van der Waals surface area contributed by atoms with Crippen molar-refractivity contribution in [3.8, 4) is 0 Å². The first-order valence-corrected chi connectivity index (χ1v) is 7.10. The van der Waals surface area contributed by atoms with Gasteiger partial charge in [0.1, 0.15) is 6.61 Å². The minimum atomic E-state index is -0.504. The second-order valence-corrected chi connectivity index (χ2v) is 5.61. The molecule has 0 aliphatic heterocycles. The summed E-state index contributed by atoms with van der Waals surface area (Å²) in [4.78, 5) is 23.5. The third-order valence-corrected chi connectivity index (χ3v) is 4.29. The molecule has 5 heteroatoms. The lowest BCUT2D eigenvalue weighted by atomic mass is 9.88. The van der Waals surface area contributed by atoms with E-state index in [4.69, 9.17) is 10.5 Å². The average Bonchev–Trinajstić information content (AvgIpc) is 3.07. The number of hydrogen-bond acceptors (Lipinski definition) is 3. The van der Waals surface area contributed by atoms with Crippen LogP contribution in [0.25, 0.3) is 0 Å². The Balaban J connectivity index is 1.57. The fourth-order valence-electron chi connectivity index (χ4n) is 3.31. The van der Waals surface area contributed by atoms with Crippen LogP contribution in [0.4, 0.5) is 4.79 Å². The maximum absolute atomic E-state index is 11.9. The highest BCUT2D eigenvalue weighted by atomic mass is 16.5. The van der Waals surface area contributed by atoms with E-state index in [1.807, 2.05) is 42.5 Å². The van der Waals surface area contributed by atoms with E-state index in [-0.39, 0.29) is 36.3 Å². The summed E-state index contributed by atoms with van der Waals surface area (Å²) in [6.07, 6.45) is 4.44. The zero-order valence-corrected chi connectivity index (χ0v) is 11.6. The lowest BCUT2D eigenvalue weighted by Crippen LogP contribution is -2.47. The van der Waals surface area contributed by atoms with Gasteiger partial charge in [0.25, 0.3) is 0 Å². The fraction of sp³-hybridized carbons (Fsp3) is 0.375. The van der Waals surface area contributed by atoms with E-state index >= 15 is 0 Å². The topological polar surface area (TPSA) is 81.4 Å². The molecule has 2 bridgehead atoms. The molecule has 0 saturated heterocycles. The third-order valence-electron chi connectivity index (χ3n) is 4.29. The number of carbonyl (C=O) groups is 2. The van der Waals surface area contributed by atoms with Crippen molar-refractivity contribution in [3.63, 3.8) is 0 Å². The van der Waals surface area contributed by atoms with E-state index in [1.54, 1.807) is 0 Å². The monoisotopic (exact) mass is 286 g/mol. The predicted molar refractivity (Wildman–Crippen MR) is 77.0 cm³/mol. The first-order chi connectivity index (χ1) is 10.1. The van der Waals surface area contributed by atoms with E-state index in [0.29, 0.717) is 0 Å². The maximum atomic E-state index is 11.9. The number of primary amides is 1. The van der Waals surface area contributed by atoms with Gasteiger partial charge in [-0.2, -0.15) is 0 Å². The lowest BCUT2D eigenvalue weighted by Gasteiger charge is -2.26. The highest BCUT2D eigenvalue weighted by Crippen LogP contribution is 2.43. The summed E-state index contributed by atoms with van der Waals surface area (Å²) in [5.74, 6) is -0.367. The van der Waals surface area contributed by atoms with Crippen LogP contribution in [0, 0.1) is 17.8 Å². The molecule has 3 rings (SSSR count). The number of rotatable bonds is 4. The molecule has 2 aliphatic rings. The van der Waals surface area contributed by atoms with Crippen molar-refractivity contribution in [3.05, 3.63) is 48.0 Å². The van der Waals surface area contributed by atoms with E-state index in [0.717, 1.165) is 12.0 Å². The Morgan fingerprint density at radius 3 is 2.62 bits per heavy atom. The van der Waals surface area contributed by atoms with Gasteiger partial charge in [0.15, 0.2) is 0 Å². The molecule has 2 aliphatic carbocycles. The van der Waals surface area contributed by atoms with Crippen LogP contribution in [0.2, 0.25) is 0 Å². The summed E-state index contributed by atoms with van der Waals surface area (Å²) in [6.45, 7) is 0.213. The lowest BCUT2D eigenvalue weighted by molar-refractivity contribution is -0.123. The number of carbonyl (C=O) groups excluding carboxylic acids is 2. The largest absolute Gasteiger partial charge is 0.445 e. The summed E-state index contributed by atoms with van der Waals surface area (Å²) in [5, 5.41) is 2.80. The average molecular weight is 286 g/mol. The van der Waals surface area contributed by atoms with E-state index in [9.17, 15) is 9.59 Å². The number of hydrogen-bond donors (Lipinski definition) is 2. The van der Waals surface area contributed by atoms with Gasteiger partial charge in [0.2, 0.25) is 5.91 Å². The molecule has 1 saturated carbocycles. The number of nitrogens with two attached hydrogens (primary N) is 1. The normalized spacial score (nSPS) is 29.3. The molecule has 21 heavy (non-hydrogen) atoms. The van der Waals surface area contributed by atoms with Crippen molar-refractivity contribution in [2.75, 3.05) is 0 Å². The van der Waals surface area contributed by atoms with E-state index < -0.39 is 6.09 Å². The van der Waals surface area contributed by atoms with Gasteiger partial charge in [-0.3, -0.25) is 4.79 Å². The number of allylic oxidation sites excluding steroid dienone is 1. The van der Waals surface area contributed by atoms with Crippen LogP contribution in [0.3, 0.4) is 0 Å². The summed E-state index contributed by atoms with van der Waals surface area (Å²) in [6, 6.07) is 9.21. The van der Waals surface area contributed by atoms with Gasteiger partial charge in [-0.1, -0.05) is 42.5 Å². The van der Waals surface area contributed by atoms with Crippen molar-refractivity contribution in [1.82, 2.24) is 5.32 Å². The van der Waals surface area contributed by atoms with Gasteiger partial charge >= 0.3 is 6.09 Å². The Kier molecular flexibility index (Phi) is 3.64. The first-order valence-electron chi connectivity index (χ1n) is 7.10. The van der Waals surface area contributed by atoms with Crippen molar-refractivity contribution in [1.29, 1.82) is 0 Å². The van der Waals surface area contributed by atoms with Crippen LogP contribution in [0.1, 0.15) is 12.0 Å². The SMILES string of the molecule is NC(=O)[C@@H]1C2C=CC(C2)[C@H]1NC(=O)OCc1ccccc1. The molecule has 1 aromatic carbocycles. The van der Waals surface area contributed by atoms with Crippen LogP contribution in [-0.2, 0) is 16.1 Å². The molecular formula is C16H18N2O3. The Bertz CT molecular complexity index is 570. The molecule has 5 nitrogen and oxygen atoms in total. The van der Waals surface area contributed by atoms with Crippen molar-refractivity contribution in [2.45, 2.75) is 19.1 Å². The van der Waals surface area contributed by atoms with Gasteiger partial charge in [-0.15, -0.1) is 0 Å². The molecule has 0 spiro atoms. The Morgan fingerprint density at radius 1 is 1.19 bits per heavy atom. The molecule has 3 N–H and O–H groups in total. The summed E-state index contributed by atoms with van der Waals surface area (Å²) < 4.78 is 5.20. The predicted octanol–water partition coefficient (Wildman–Crippen LogP) is 1.59.